The first-order valence-electron chi connectivity index (χ1n) is 6.27. The van der Waals surface area contributed by atoms with Gasteiger partial charge in [-0.3, -0.25) is 0 Å². The topological polar surface area (TPSA) is 44.5 Å². The number of methoxy groups -OCH3 is 1. The predicted molar refractivity (Wildman–Crippen MR) is 84.4 cm³/mol. The van der Waals surface area contributed by atoms with Crippen molar-refractivity contribution >= 4 is 17.2 Å². The van der Waals surface area contributed by atoms with Gasteiger partial charge in [0.25, 0.3) is 0 Å². The molecule has 0 aliphatic heterocycles. The summed E-state index contributed by atoms with van der Waals surface area (Å²) in [6, 6.07) is 13.5. The lowest BCUT2D eigenvalue weighted by molar-refractivity contribution is 0.303. The largest absolute Gasteiger partial charge is 0.497 e. The molecule has 0 unspecified atom stereocenters. The van der Waals surface area contributed by atoms with Crippen LogP contribution in [0.2, 0.25) is 0 Å². The Kier molecular flexibility index (Phi) is 4.58. The van der Waals surface area contributed by atoms with E-state index >= 15 is 0 Å². The van der Waals surface area contributed by atoms with Crippen LogP contribution >= 0.6 is 12.2 Å². The number of rotatable bonds is 5. The Labute approximate surface area is 124 Å². The molecular formula is C16H17NO2S. The number of hydrogen-bond donors (Lipinski definition) is 1. The average molecular weight is 287 g/mol. The van der Waals surface area contributed by atoms with Gasteiger partial charge < -0.3 is 15.2 Å². The first-order valence-corrected chi connectivity index (χ1v) is 6.68. The summed E-state index contributed by atoms with van der Waals surface area (Å²) in [4.78, 5) is 0.346. The fourth-order valence-electron chi connectivity index (χ4n) is 1.92. The molecule has 0 bridgehead atoms. The lowest BCUT2D eigenvalue weighted by Gasteiger charge is -2.13. The summed E-state index contributed by atoms with van der Waals surface area (Å²) >= 11 is 5.05. The number of nitrogens with two attached hydrogens (primary N) is 1. The van der Waals surface area contributed by atoms with Gasteiger partial charge in [0.15, 0.2) is 0 Å². The molecule has 0 saturated heterocycles. The first kappa shape index (κ1) is 14.3. The number of aryl methyl sites for hydroxylation is 1. The van der Waals surface area contributed by atoms with Crippen LogP contribution in [0.25, 0.3) is 0 Å². The second-order valence-electron chi connectivity index (χ2n) is 4.45. The van der Waals surface area contributed by atoms with Crippen LogP contribution in [0.5, 0.6) is 11.5 Å². The maximum Gasteiger partial charge on any atom is 0.132 e. The highest BCUT2D eigenvalue weighted by molar-refractivity contribution is 7.80. The molecule has 0 spiro atoms. The molecule has 0 amide bonds. The maximum atomic E-state index is 5.88. The van der Waals surface area contributed by atoms with Gasteiger partial charge in [-0.1, -0.05) is 36.5 Å². The Balaban J connectivity index is 2.16. The molecule has 0 radical (unpaired) electrons. The summed E-state index contributed by atoms with van der Waals surface area (Å²) in [5, 5.41) is 0. The summed E-state index contributed by atoms with van der Waals surface area (Å²) in [7, 11) is 1.65. The lowest BCUT2D eigenvalue weighted by atomic mass is 10.1. The number of thiocarbonyl (C=S) groups is 1. The Morgan fingerprint density at radius 3 is 2.45 bits per heavy atom. The van der Waals surface area contributed by atoms with Gasteiger partial charge in [-0.25, -0.2) is 0 Å². The average Bonchev–Trinajstić information content (AvgIpc) is 2.46. The summed E-state index contributed by atoms with van der Waals surface area (Å²) in [6.45, 7) is 2.44. The summed E-state index contributed by atoms with van der Waals surface area (Å²) < 4.78 is 11.0. The van der Waals surface area contributed by atoms with Gasteiger partial charge in [-0.15, -0.1) is 0 Å². The molecule has 0 aromatic heterocycles. The molecular weight excluding hydrogens is 270 g/mol. The number of benzene rings is 2. The second kappa shape index (κ2) is 6.39. The van der Waals surface area contributed by atoms with E-state index in [1.165, 1.54) is 0 Å². The van der Waals surface area contributed by atoms with Crippen molar-refractivity contribution < 1.29 is 9.47 Å². The number of hydrogen-bond acceptors (Lipinski definition) is 3. The van der Waals surface area contributed by atoms with Crippen LogP contribution in [0.4, 0.5) is 0 Å². The molecule has 0 heterocycles. The Bertz CT molecular complexity index is 608. The first-order chi connectivity index (χ1) is 9.61. The minimum absolute atomic E-state index is 0.346. The Morgan fingerprint density at radius 2 is 1.85 bits per heavy atom. The van der Waals surface area contributed by atoms with E-state index in [9.17, 15) is 0 Å². The highest BCUT2D eigenvalue weighted by atomic mass is 32.1. The quantitative estimate of drug-likeness (QED) is 0.858. The molecule has 2 rings (SSSR count). The van der Waals surface area contributed by atoms with Gasteiger partial charge in [-0.05, 0) is 36.2 Å². The van der Waals surface area contributed by atoms with Crippen molar-refractivity contribution in [3.63, 3.8) is 0 Å². The highest BCUT2D eigenvalue weighted by Crippen LogP contribution is 2.24. The summed E-state index contributed by atoms with van der Waals surface area (Å²) in [6.07, 6.45) is 0. The van der Waals surface area contributed by atoms with E-state index in [-0.39, 0.29) is 0 Å². The predicted octanol–water partition coefficient (Wildman–Crippen LogP) is 3.22. The standard InChI is InChI=1S/C16H17NO2S/c1-11-4-3-5-14(16(17)20)15(11)19-10-12-6-8-13(18-2)9-7-12/h3-9H,10H2,1-2H3,(H2,17,20). The van der Waals surface area contributed by atoms with Crippen LogP contribution in [0.3, 0.4) is 0 Å². The normalized spacial score (nSPS) is 10.1. The zero-order chi connectivity index (χ0) is 14.5. The van der Waals surface area contributed by atoms with Gasteiger partial charge in [-0.2, -0.15) is 0 Å². The third-order valence-corrected chi connectivity index (χ3v) is 3.24. The van der Waals surface area contributed by atoms with Crippen molar-refractivity contribution in [2.24, 2.45) is 5.73 Å². The molecule has 20 heavy (non-hydrogen) atoms. The zero-order valence-corrected chi connectivity index (χ0v) is 12.4. The number of para-hydroxylation sites is 1. The van der Waals surface area contributed by atoms with E-state index in [4.69, 9.17) is 27.4 Å². The van der Waals surface area contributed by atoms with Gasteiger partial charge in [0.05, 0.1) is 12.7 Å². The molecule has 2 N–H and O–H groups in total. The minimum atomic E-state index is 0.346. The smallest absolute Gasteiger partial charge is 0.132 e. The minimum Gasteiger partial charge on any atom is -0.497 e. The summed E-state index contributed by atoms with van der Waals surface area (Å²) in [5.74, 6) is 1.57. The third kappa shape index (κ3) is 3.27. The van der Waals surface area contributed by atoms with Crippen LogP contribution in [-0.2, 0) is 6.61 Å². The molecule has 0 atom stereocenters. The lowest BCUT2D eigenvalue weighted by Crippen LogP contribution is -2.12. The van der Waals surface area contributed by atoms with Crippen LogP contribution in [0.15, 0.2) is 42.5 Å². The van der Waals surface area contributed by atoms with Crippen molar-refractivity contribution in [2.75, 3.05) is 7.11 Å². The van der Waals surface area contributed by atoms with E-state index in [1.54, 1.807) is 7.11 Å². The van der Waals surface area contributed by atoms with E-state index in [0.29, 0.717) is 11.6 Å². The molecule has 3 nitrogen and oxygen atoms in total. The maximum absolute atomic E-state index is 5.88. The van der Waals surface area contributed by atoms with Crippen molar-refractivity contribution in [2.45, 2.75) is 13.5 Å². The highest BCUT2D eigenvalue weighted by Gasteiger charge is 2.09. The van der Waals surface area contributed by atoms with Gasteiger partial charge in [0.2, 0.25) is 0 Å². The van der Waals surface area contributed by atoms with Crippen molar-refractivity contribution in [1.29, 1.82) is 0 Å². The molecule has 104 valence electrons. The van der Waals surface area contributed by atoms with Crippen molar-refractivity contribution in [3.05, 3.63) is 59.2 Å². The second-order valence-corrected chi connectivity index (χ2v) is 4.89. The molecule has 0 fully saturated rings. The third-order valence-electron chi connectivity index (χ3n) is 3.02. The van der Waals surface area contributed by atoms with E-state index < -0.39 is 0 Å². The van der Waals surface area contributed by atoms with E-state index in [1.807, 2.05) is 49.4 Å². The summed E-state index contributed by atoms with van der Waals surface area (Å²) in [5.41, 5.74) is 8.57. The molecule has 2 aromatic rings. The van der Waals surface area contributed by atoms with E-state index in [2.05, 4.69) is 0 Å². The van der Waals surface area contributed by atoms with E-state index in [0.717, 1.165) is 28.2 Å². The van der Waals surface area contributed by atoms with Crippen LogP contribution < -0.4 is 15.2 Å². The van der Waals surface area contributed by atoms with Crippen molar-refractivity contribution in [1.82, 2.24) is 0 Å². The van der Waals surface area contributed by atoms with Crippen molar-refractivity contribution in [3.8, 4) is 11.5 Å². The molecule has 0 aliphatic rings. The van der Waals surface area contributed by atoms with Gasteiger partial charge in [0, 0.05) is 0 Å². The molecule has 4 heteroatoms. The van der Waals surface area contributed by atoms with Gasteiger partial charge >= 0.3 is 0 Å². The van der Waals surface area contributed by atoms with Gasteiger partial charge in [0.1, 0.15) is 23.1 Å². The van der Waals surface area contributed by atoms with Crippen LogP contribution in [0, 0.1) is 6.92 Å². The fourth-order valence-corrected chi connectivity index (χ4v) is 2.08. The monoisotopic (exact) mass is 287 g/mol. The molecule has 0 saturated carbocycles. The molecule has 2 aromatic carbocycles. The Hall–Kier alpha value is -2.07. The molecule has 0 aliphatic carbocycles. The Morgan fingerprint density at radius 1 is 1.15 bits per heavy atom. The fraction of sp³-hybridized carbons (Fsp3) is 0.188. The van der Waals surface area contributed by atoms with Crippen LogP contribution in [-0.4, -0.2) is 12.1 Å². The van der Waals surface area contributed by atoms with Crippen LogP contribution in [0.1, 0.15) is 16.7 Å². The number of ether oxygens (including phenoxy) is 2. The SMILES string of the molecule is COc1ccc(COc2c(C)cccc2C(N)=S)cc1. The zero-order valence-electron chi connectivity index (χ0n) is 11.6.